The summed E-state index contributed by atoms with van der Waals surface area (Å²) < 4.78 is 12.2. The molecule has 0 atom stereocenters. The molecule has 1 N–H and O–H groups in total. The lowest BCUT2D eigenvalue weighted by atomic mass is 9.93. The monoisotopic (exact) mass is 340 g/mol. The van der Waals surface area contributed by atoms with Crippen molar-refractivity contribution in [3.8, 4) is 11.4 Å². The first-order valence-electron chi connectivity index (χ1n) is 7.85. The molecule has 0 radical (unpaired) electrons. The average Bonchev–Trinajstić information content (AvgIpc) is 3.23. The molecule has 1 amide bonds. The van der Waals surface area contributed by atoms with Crippen LogP contribution in [0, 0.1) is 0 Å². The quantitative estimate of drug-likeness (QED) is 0.787. The second-order valence-electron chi connectivity index (χ2n) is 6.63. The minimum absolute atomic E-state index is 0.176. The van der Waals surface area contributed by atoms with Gasteiger partial charge in [0.1, 0.15) is 17.2 Å². The lowest BCUT2D eigenvalue weighted by Crippen LogP contribution is -2.12. The summed E-state index contributed by atoms with van der Waals surface area (Å²) in [5.41, 5.74) is 0.983. The van der Waals surface area contributed by atoms with E-state index in [1.54, 1.807) is 24.1 Å². The fourth-order valence-corrected chi connectivity index (χ4v) is 2.27. The number of aromatic nitrogens is 3. The Kier molecular flexibility index (Phi) is 4.31. The highest BCUT2D eigenvalue weighted by atomic mass is 16.5. The van der Waals surface area contributed by atoms with E-state index in [1.165, 1.54) is 6.20 Å². The van der Waals surface area contributed by atoms with Crippen LogP contribution < -0.4 is 10.1 Å². The largest absolute Gasteiger partial charge is 0.494 e. The normalized spacial score (nSPS) is 11.4. The highest BCUT2D eigenvalue weighted by molar-refractivity contribution is 6.03. The number of carbonyl (C=O) groups excluding carboxylic acids is 1. The molecule has 1 aromatic carbocycles. The van der Waals surface area contributed by atoms with Gasteiger partial charge < -0.3 is 14.6 Å². The van der Waals surface area contributed by atoms with Crippen molar-refractivity contribution in [2.75, 3.05) is 12.4 Å². The summed E-state index contributed by atoms with van der Waals surface area (Å²) >= 11 is 0. The van der Waals surface area contributed by atoms with Crippen molar-refractivity contribution in [1.82, 2.24) is 14.9 Å². The van der Waals surface area contributed by atoms with Crippen LogP contribution in [-0.2, 0) is 5.41 Å². The van der Waals surface area contributed by atoms with Crippen molar-refractivity contribution in [3.05, 3.63) is 54.0 Å². The lowest BCUT2D eigenvalue weighted by molar-refractivity contribution is 0.102. The van der Waals surface area contributed by atoms with Crippen LogP contribution in [0.2, 0.25) is 0 Å². The number of carbonyl (C=O) groups is 1. The zero-order valence-electron chi connectivity index (χ0n) is 14.6. The minimum atomic E-state index is -0.310. The van der Waals surface area contributed by atoms with Crippen LogP contribution in [0.3, 0.4) is 0 Å². The van der Waals surface area contributed by atoms with Crippen molar-refractivity contribution in [3.63, 3.8) is 0 Å². The lowest BCUT2D eigenvalue weighted by Gasteiger charge is -2.11. The Labute approximate surface area is 145 Å². The van der Waals surface area contributed by atoms with E-state index in [9.17, 15) is 4.79 Å². The van der Waals surface area contributed by atoms with Gasteiger partial charge in [0.25, 0.3) is 5.91 Å². The van der Waals surface area contributed by atoms with Gasteiger partial charge in [-0.15, -0.1) is 0 Å². The van der Waals surface area contributed by atoms with Crippen molar-refractivity contribution in [2.24, 2.45) is 0 Å². The van der Waals surface area contributed by atoms with Gasteiger partial charge in [-0.05, 0) is 12.1 Å². The third-order valence-corrected chi connectivity index (χ3v) is 3.67. The number of hydrogen-bond donors (Lipinski definition) is 1. The first-order valence-corrected chi connectivity index (χ1v) is 7.85. The number of para-hydroxylation sites is 2. The van der Waals surface area contributed by atoms with Gasteiger partial charge in [0.05, 0.1) is 18.9 Å². The number of rotatable bonds is 4. The number of hydrogen-bond acceptors (Lipinski definition) is 5. The Morgan fingerprint density at radius 2 is 2.04 bits per heavy atom. The molecular weight excluding hydrogens is 320 g/mol. The van der Waals surface area contributed by atoms with Crippen LogP contribution in [0.25, 0.3) is 5.69 Å². The molecule has 7 nitrogen and oxygen atoms in total. The van der Waals surface area contributed by atoms with Gasteiger partial charge in [0.15, 0.2) is 5.82 Å². The van der Waals surface area contributed by atoms with Gasteiger partial charge in [0, 0.05) is 17.7 Å². The molecule has 0 saturated heterocycles. The summed E-state index contributed by atoms with van der Waals surface area (Å²) in [6.45, 7) is 6.03. The molecule has 2 heterocycles. The van der Waals surface area contributed by atoms with E-state index in [1.807, 2.05) is 45.0 Å². The standard InChI is InChI=1S/C18H20N4O3/c1-18(2,3)15-9-16(21-25-15)20-17(23)12-10-19-22(11-12)13-7-5-6-8-14(13)24-4/h5-11H,1-4H3,(H,20,21,23). The summed E-state index contributed by atoms with van der Waals surface area (Å²) in [6, 6.07) is 9.17. The number of anilines is 1. The van der Waals surface area contributed by atoms with Crippen LogP contribution in [0.1, 0.15) is 36.9 Å². The van der Waals surface area contributed by atoms with E-state index in [2.05, 4.69) is 15.6 Å². The minimum Gasteiger partial charge on any atom is -0.494 e. The van der Waals surface area contributed by atoms with Crippen molar-refractivity contribution < 1.29 is 14.1 Å². The van der Waals surface area contributed by atoms with Crippen LogP contribution in [-0.4, -0.2) is 28.0 Å². The maximum Gasteiger partial charge on any atom is 0.260 e. The van der Waals surface area contributed by atoms with E-state index in [-0.39, 0.29) is 11.3 Å². The number of amides is 1. The van der Waals surface area contributed by atoms with E-state index < -0.39 is 0 Å². The van der Waals surface area contributed by atoms with E-state index >= 15 is 0 Å². The molecule has 25 heavy (non-hydrogen) atoms. The second kappa shape index (κ2) is 6.43. The van der Waals surface area contributed by atoms with Crippen LogP contribution in [0.15, 0.2) is 47.2 Å². The molecule has 3 rings (SSSR count). The molecule has 7 heteroatoms. The Balaban J connectivity index is 1.78. The molecule has 0 bridgehead atoms. The summed E-state index contributed by atoms with van der Waals surface area (Å²) in [5, 5.41) is 10.8. The number of benzene rings is 1. The smallest absolute Gasteiger partial charge is 0.260 e. The maximum absolute atomic E-state index is 12.4. The average molecular weight is 340 g/mol. The van der Waals surface area contributed by atoms with Crippen molar-refractivity contribution >= 4 is 11.7 Å². The van der Waals surface area contributed by atoms with Gasteiger partial charge in [-0.3, -0.25) is 4.79 Å². The molecule has 0 aliphatic heterocycles. The van der Waals surface area contributed by atoms with Crippen LogP contribution in [0.5, 0.6) is 5.75 Å². The number of ether oxygens (including phenoxy) is 1. The Morgan fingerprint density at radius 3 is 2.72 bits per heavy atom. The zero-order valence-corrected chi connectivity index (χ0v) is 14.6. The fourth-order valence-electron chi connectivity index (χ4n) is 2.27. The molecular formula is C18H20N4O3. The Bertz CT molecular complexity index is 890. The highest BCUT2D eigenvalue weighted by Crippen LogP contribution is 2.25. The van der Waals surface area contributed by atoms with E-state index in [4.69, 9.17) is 9.26 Å². The summed E-state index contributed by atoms with van der Waals surface area (Å²) in [6.07, 6.45) is 3.13. The Hall–Kier alpha value is -3.09. The van der Waals surface area contributed by atoms with E-state index in [0.717, 1.165) is 5.69 Å². The van der Waals surface area contributed by atoms with Crippen LogP contribution >= 0.6 is 0 Å². The molecule has 0 unspecified atom stereocenters. The number of nitrogens with one attached hydrogen (secondary N) is 1. The fraction of sp³-hybridized carbons (Fsp3) is 0.278. The first kappa shape index (κ1) is 16.8. The zero-order chi connectivity index (χ0) is 18.0. The highest BCUT2D eigenvalue weighted by Gasteiger charge is 2.21. The van der Waals surface area contributed by atoms with Gasteiger partial charge >= 0.3 is 0 Å². The molecule has 0 fully saturated rings. The molecule has 0 aliphatic carbocycles. The van der Waals surface area contributed by atoms with Gasteiger partial charge in [0.2, 0.25) is 0 Å². The Morgan fingerprint density at radius 1 is 1.28 bits per heavy atom. The van der Waals surface area contributed by atoms with Crippen molar-refractivity contribution in [1.29, 1.82) is 0 Å². The maximum atomic E-state index is 12.4. The summed E-state index contributed by atoms with van der Waals surface area (Å²) in [5.74, 6) is 1.44. The molecule has 2 aromatic heterocycles. The second-order valence-corrected chi connectivity index (χ2v) is 6.63. The van der Waals surface area contributed by atoms with Crippen LogP contribution in [0.4, 0.5) is 5.82 Å². The van der Waals surface area contributed by atoms with E-state index in [0.29, 0.717) is 22.9 Å². The summed E-state index contributed by atoms with van der Waals surface area (Å²) in [4.78, 5) is 12.4. The van der Waals surface area contributed by atoms with Gasteiger partial charge in [-0.2, -0.15) is 5.10 Å². The number of methoxy groups -OCH3 is 1. The summed E-state index contributed by atoms with van der Waals surface area (Å²) in [7, 11) is 1.59. The molecule has 0 spiro atoms. The van der Waals surface area contributed by atoms with Gasteiger partial charge in [-0.25, -0.2) is 4.68 Å². The molecule has 130 valence electrons. The third kappa shape index (κ3) is 3.55. The van der Waals surface area contributed by atoms with Gasteiger partial charge in [-0.1, -0.05) is 38.1 Å². The van der Waals surface area contributed by atoms with Crippen molar-refractivity contribution in [2.45, 2.75) is 26.2 Å². The molecule has 3 aromatic rings. The predicted molar refractivity (Wildman–Crippen MR) is 93.3 cm³/mol. The first-order chi connectivity index (χ1) is 11.9. The third-order valence-electron chi connectivity index (χ3n) is 3.67. The topological polar surface area (TPSA) is 82.2 Å². The molecule has 0 saturated carbocycles. The predicted octanol–water partition coefficient (Wildman–Crippen LogP) is 3.42. The number of nitrogens with zero attached hydrogens (tertiary/aromatic N) is 3. The SMILES string of the molecule is COc1ccccc1-n1cc(C(=O)Nc2cc(C(C)(C)C)on2)cn1. The molecule has 0 aliphatic rings.